The van der Waals surface area contributed by atoms with Gasteiger partial charge in [-0.05, 0) is 42.0 Å². The summed E-state index contributed by atoms with van der Waals surface area (Å²) in [6, 6.07) is 11.6. The lowest BCUT2D eigenvalue weighted by Gasteiger charge is -2.09. The number of hydrogen-bond donors (Lipinski definition) is 1. The second-order valence-corrected chi connectivity index (χ2v) is 5.88. The molecule has 8 heteroatoms. The molecule has 7 nitrogen and oxygen atoms in total. The van der Waals surface area contributed by atoms with Gasteiger partial charge in [0.15, 0.2) is 23.8 Å². The first-order valence-corrected chi connectivity index (χ1v) is 8.15. The van der Waals surface area contributed by atoms with Crippen molar-refractivity contribution in [1.82, 2.24) is 0 Å². The molecule has 1 heterocycles. The average Bonchev–Trinajstić information content (AvgIpc) is 3.01. The Morgan fingerprint density at radius 3 is 2.78 bits per heavy atom. The maximum atomic E-state index is 12.1. The number of carboxylic acid groups (broad SMARTS) is 1. The van der Waals surface area contributed by atoms with Gasteiger partial charge in [-0.15, -0.1) is 0 Å². The van der Waals surface area contributed by atoms with Crippen LogP contribution in [0.25, 0.3) is 6.08 Å². The minimum absolute atomic E-state index is 0.117. The zero-order valence-electron chi connectivity index (χ0n) is 14.1. The number of hydrogen-bond acceptors (Lipinski definition) is 6. The van der Waals surface area contributed by atoms with Gasteiger partial charge in [0.25, 0.3) is 0 Å². The number of aliphatic carboxylic acids is 1. The molecule has 138 valence electrons. The van der Waals surface area contributed by atoms with E-state index in [0.717, 1.165) is 0 Å². The molecule has 0 radical (unpaired) electrons. The number of aliphatic imine (C=N–C) groups is 1. The lowest BCUT2D eigenvalue weighted by atomic mass is 10.1. The van der Waals surface area contributed by atoms with Crippen LogP contribution in [0.1, 0.15) is 11.1 Å². The van der Waals surface area contributed by atoms with Gasteiger partial charge in [0.05, 0.1) is 7.11 Å². The van der Waals surface area contributed by atoms with Crippen molar-refractivity contribution in [2.24, 2.45) is 4.99 Å². The van der Waals surface area contributed by atoms with E-state index in [0.29, 0.717) is 21.9 Å². The highest BCUT2D eigenvalue weighted by atomic mass is 35.5. The van der Waals surface area contributed by atoms with Crippen LogP contribution >= 0.6 is 11.6 Å². The first-order chi connectivity index (χ1) is 13.0. The van der Waals surface area contributed by atoms with Crippen LogP contribution in [0.3, 0.4) is 0 Å². The van der Waals surface area contributed by atoms with E-state index in [1.807, 2.05) is 0 Å². The maximum absolute atomic E-state index is 12.1. The molecule has 0 aromatic heterocycles. The summed E-state index contributed by atoms with van der Waals surface area (Å²) >= 11 is 5.95. The average molecular weight is 388 g/mol. The Kier molecular flexibility index (Phi) is 5.42. The highest BCUT2D eigenvalue weighted by molar-refractivity contribution is 6.31. The molecular formula is C19H14ClNO6. The number of carboxylic acids is 1. The standard InChI is InChI=1S/C19H14ClNO6/c1-25-16-8-11(5-6-15(16)26-10-17(22)23)7-14-19(24)27-18(21-14)12-3-2-4-13(20)9-12/h2-9H,10H2,1H3,(H,22,23)/b14-7-. The molecule has 2 aromatic rings. The molecule has 0 aliphatic carbocycles. The summed E-state index contributed by atoms with van der Waals surface area (Å²) in [4.78, 5) is 26.9. The minimum Gasteiger partial charge on any atom is -0.493 e. The number of methoxy groups -OCH3 is 1. The molecule has 0 saturated heterocycles. The predicted octanol–water partition coefficient (Wildman–Crippen LogP) is 3.16. The van der Waals surface area contributed by atoms with Crippen LogP contribution in [0, 0.1) is 0 Å². The van der Waals surface area contributed by atoms with Gasteiger partial charge < -0.3 is 19.3 Å². The van der Waals surface area contributed by atoms with Crippen LogP contribution in [0.4, 0.5) is 0 Å². The number of rotatable bonds is 6. The monoisotopic (exact) mass is 387 g/mol. The fraction of sp³-hybridized carbons (Fsp3) is 0.105. The van der Waals surface area contributed by atoms with Crippen molar-refractivity contribution in [3.8, 4) is 11.5 Å². The first-order valence-electron chi connectivity index (χ1n) is 7.77. The van der Waals surface area contributed by atoms with Crippen molar-refractivity contribution in [2.45, 2.75) is 0 Å². The van der Waals surface area contributed by atoms with E-state index >= 15 is 0 Å². The molecule has 0 saturated carbocycles. The summed E-state index contributed by atoms with van der Waals surface area (Å²) in [6.07, 6.45) is 1.53. The second-order valence-electron chi connectivity index (χ2n) is 5.44. The molecule has 3 rings (SSSR count). The van der Waals surface area contributed by atoms with E-state index < -0.39 is 18.5 Å². The quantitative estimate of drug-likeness (QED) is 0.604. The van der Waals surface area contributed by atoms with Gasteiger partial charge in [-0.25, -0.2) is 14.6 Å². The van der Waals surface area contributed by atoms with E-state index in [1.165, 1.54) is 13.2 Å². The highest BCUT2D eigenvalue weighted by Crippen LogP contribution is 2.30. The van der Waals surface area contributed by atoms with Crippen LogP contribution in [0.15, 0.2) is 53.2 Å². The Balaban J connectivity index is 1.87. The van der Waals surface area contributed by atoms with Crippen molar-refractivity contribution in [2.75, 3.05) is 13.7 Å². The fourth-order valence-corrected chi connectivity index (χ4v) is 2.53. The van der Waals surface area contributed by atoms with Gasteiger partial charge in [0.1, 0.15) is 0 Å². The van der Waals surface area contributed by atoms with Gasteiger partial charge in [-0.2, -0.15) is 0 Å². The van der Waals surface area contributed by atoms with Gasteiger partial charge in [-0.1, -0.05) is 23.7 Å². The Hall–Kier alpha value is -3.32. The van der Waals surface area contributed by atoms with Crippen LogP contribution in [-0.2, 0) is 14.3 Å². The Bertz CT molecular complexity index is 966. The van der Waals surface area contributed by atoms with Crippen molar-refractivity contribution in [3.63, 3.8) is 0 Å². The normalized spacial score (nSPS) is 14.7. The highest BCUT2D eigenvalue weighted by Gasteiger charge is 2.24. The summed E-state index contributed by atoms with van der Waals surface area (Å²) in [5.74, 6) is -0.910. The second kappa shape index (κ2) is 7.92. The molecule has 0 bridgehead atoms. The van der Waals surface area contributed by atoms with Crippen LogP contribution in [0.5, 0.6) is 11.5 Å². The number of nitrogens with zero attached hydrogens (tertiary/aromatic N) is 1. The van der Waals surface area contributed by atoms with Gasteiger partial charge in [-0.3, -0.25) is 0 Å². The zero-order chi connectivity index (χ0) is 19.4. The molecular weight excluding hydrogens is 374 g/mol. The van der Waals surface area contributed by atoms with Gasteiger partial charge in [0.2, 0.25) is 5.90 Å². The number of benzene rings is 2. The van der Waals surface area contributed by atoms with E-state index in [-0.39, 0.29) is 17.3 Å². The number of halogens is 1. The summed E-state index contributed by atoms with van der Waals surface area (Å²) in [7, 11) is 1.43. The third-order valence-electron chi connectivity index (χ3n) is 3.53. The number of cyclic esters (lactones) is 1. The number of carbonyl (C=O) groups is 2. The Morgan fingerprint density at radius 2 is 2.07 bits per heavy atom. The van der Waals surface area contributed by atoms with Crippen LogP contribution in [0.2, 0.25) is 5.02 Å². The third kappa shape index (κ3) is 4.45. The molecule has 0 unspecified atom stereocenters. The number of ether oxygens (including phenoxy) is 3. The SMILES string of the molecule is COc1cc(/C=C2\N=C(c3cccc(Cl)c3)OC2=O)ccc1OCC(=O)O. The number of carbonyl (C=O) groups excluding carboxylic acids is 1. The number of esters is 1. The third-order valence-corrected chi connectivity index (χ3v) is 3.77. The van der Waals surface area contributed by atoms with Gasteiger partial charge in [0, 0.05) is 10.6 Å². The van der Waals surface area contributed by atoms with E-state index in [1.54, 1.807) is 42.5 Å². The molecule has 1 N–H and O–H groups in total. The van der Waals surface area contributed by atoms with Crippen molar-refractivity contribution >= 4 is 35.5 Å². The molecule has 0 amide bonds. The summed E-state index contributed by atoms with van der Waals surface area (Å²) in [6.45, 7) is -0.490. The molecule has 27 heavy (non-hydrogen) atoms. The predicted molar refractivity (Wildman–Crippen MR) is 98.2 cm³/mol. The fourth-order valence-electron chi connectivity index (χ4n) is 2.34. The lowest BCUT2D eigenvalue weighted by molar-refractivity contribution is -0.139. The zero-order valence-corrected chi connectivity index (χ0v) is 14.9. The van der Waals surface area contributed by atoms with Gasteiger partial charge >= 0.3 is 11.9 Å². The molecule has 2 aromatic carbocycles. The largest absolute Gasteiger partial charge is 0.493 e. The van der Waals surface area contributed by atoms with Crippen LogP contribution in [-0.4, -0.2) is 36.7 Å². The van der Waals surface area contributed by atoms with Crippen LogP contribution < -0.4 is 9.47 Å². The first kappa shape index (κ1) is 18.5. The molecule has 1 aliphatic rings. The van der Waals surface area contributed by atoms with Crippen molar-refractivity contribution in [3.05, 3.63) is 64.3 Å². The molecule has 0 atom stereocenters. The maximum Gasteiger partial charge on any atom is 0.363 e. The van der Waals surface area contributed by atoms with E-state index in [2.05, 4.69) is 4.99 Å². The van der Waals surface area contributed by atoms with E-state index in [9.17, 15) is 9.59 Å². The summed E-state index contributed by atoms with van der Waals surface area (Å²) in [5, 5.41) is 9.20. The minimum atomic E-state index is -1.10. The van der Waals surface area contributed by atoms with E-state index in [4.69, 9.17) is 30.9 Å². The summed E-state index contributed by atoms with van der Waals surface area (Å²) in [5.41, 5.74) is 1.32. The smallest absolute Gasteiger partial charge is 0.363 e. The van der Waals surface area contributed by atoms with Crippen molar-refractivity contribution in [1.29, 1.82) is 0 Å². The Morgan fingerprint density at radius 1 is 1.26 bits per heavy atom. The topological polar surface area (TPSA) is 94.4 Å². The summed E-state index contributed by atoms with van der Waals surface area (Å²) < 4.78 is 15.5. The van der Waals surface area contributed by atoms with Crippen molar-refractivity contribution < 1.29 is 28.9 Å². The Labute approximate surface area is 159 Å². The molecule has 0 spiro atoms. The lowest BCUT2D eigenvalue weighted by Crippen LogP contribution is -2.10. The molecule has 0 fully saturated rings. The molecule has 1 aliphatic heterocycles.